The van der Waals surface area contributed by atoms with E-state index in [2.05, 4.69) is 22.9 Å². The molecule has 0 unspecified atom stereocenters. The van der Waals surface area contributed by atoms with Gasteiger partial charge in [-0.15, -0.1) is 0 Å². The Bertz CT molecular complexity index is 943. The van der Waals surface area contributed by atoms with Crippen LogP contribution in [0.15, 0.2) is 72.8 Å². The van der Waals surface area contributed by atoms with Crippen LogP contribution in [0.1, 0.15) is 69.2 Å². The largest absolute Gasteiger partial charge is 0.287 e. The molecule has 0 aromatic heterocycles. The zero-order valence-electron chi connectivity index (χ0n) is 20.7. The molecule has 0 fully saturated rings. The first-order valence-corrected chi connectivity index (χ1v) is 10.7. The second-order valence-corrected chi connectivity index (χ2v) is 9.59. The van der Waals surface area contributed by atoms with Gasteiger partial charge in [-0.3, -0.25) is 25.2 Å². The molecule has 2 aromatic carbocycles. The highest BCUT2D eigenvalue weighted by Gasteiger charge is 2.28. The van der Waals surface area contributed by atoms with E-state index < -0.39 is 5.54 Å². The fraction of sp³-hybridized carbons (Fsp3) is 0.346. The van der Waals surface area contributed by atoms with Gasteiger partial charge in [-0.05, 0) is 72.7 Å². The van der Waals surface area contributed by atoms with Gasteiger partial charge >= 0.3 is 0 Å². The Labute approximate surface area is 197 Å². The molecule has 3 amide bonds. The minimum atomic E-state index is -0.527. The van der Waals surface area contributed by atoms with Gasteiger partial charge in [0.1, 0.15) is 0 Å². The van der Waals surface area contributed by atoms with E-state index in [4.69, 9.17) is 0 Å². The van der Waals surface area contributed by atoms with Crippen molar-refractivity contribution in [1.29, 1.82) is 0 Å². The topological polar surface area (TPSA) is 90.5 Å². The van der Waals surface area contributed by atoms with Crippen LogP contribution < -0.4 is 16.3 Å². The second kappa shape index (κ2) is 12.0. The quantitative estimate of drug-likeness (QED) is 0.478. The maximum Gasteiger partial charge on any atom is 0.269 e. The van der Waals surface area contributed by atoms with Crippen LogP contribution in [-0.4, -0.2) is 33.8 Å². The third kappa shape index (κ3) is 10.1. The van der Waals surface area contributed by atoms with Gasteiger partial charge in [0.2, 0.25) is 0 Å². The van der Waals surface area contributed by atoms with E-state index in [0.29, 0.717) is 16.7 Å². The lowest BCUT2D eigenvalue weighted by atomic mass is 10.1. The molecule has 0 radical (unpaired) electrons. The molecule has 0 spiro atoms. The Morgan fingerprint density at radius 3 is 1.55 bits per heavy atom. The highest BCUT2D eigenvalue weighted by molar-refractivity contribution is 5.98. The molecular weight excluding hydrogens is 416 g/mol. The van der Waals surface area contributed by atoms with Gasteiger partial charge < -0.3 is 0 Å². The lowest BCUT2D eigenvalue weighted by Crippen LogP contribution is -2.56. The molecule has 0 atom stereocenters. The Hall–Kier alpha value is -3.45. The lowest BCUT2D eigenvalue weighted by molar-refractivity contribution is -0.134. The number of amides is 3. The van der Waals surface area contributed by atoms with Gasteiger partial charge in [0.25, 0.3) is 17.7 Å². The number of hydrogen-bond acceptors (Lipinski definition) is 4. The predicted molar refractivity (Wildman–Crippen MR) is 132 cm³/mol. The summed E-state index contributed by atoms with van der Waals surface area (Å²) in [5, 5.41) is 1.31. The first-order valence-electron chi connectivity index (χ1n) is 10.7. The summed E-state index contributed by atoms with van der Waals surface area (Å²) >= 11 is 0. The Kier molecular flexibility index (Phi) is 10.0. The van der Waals surface area contributed by atoms with E-state index in [1.165, 1.54) is 5.01 Å². The van der Waals surface area contributed by atoms with Crippen molar-refractivity contribution >= 4 is 17.7 Å². The van der Waals surface area contributed by atoms with Crippen molar-refractivity contribution in [3.05, 3.63) is 83.9 Å². The summed E-state index contributed by atoms with van der Waals surface area (Å²) < 4.78 is 0. The Morgan fingerprint density at radius 2 is 1.18 bits per heavy atom. The maximum atomic E-state index is 12.1. The molecule has 7 heteroatoms. The van der Waals surface area contributed by atoms with E-state index in [0.717, 1.165) is 0 Å². The van der Waals surface area contributed by atoms with Crippen molar-refractivity contribution in [3.63, 3.8) is 0 Å². The number of hydrogen-bond donors (Lipinski definition) is 3. The molecule has 0 heterocycles. The van der Waals surface area contributed by atoms with Crippen LogP contribution in [0.5, 0.6) is 0 Å². The standard InChI is InChI=1S/C15H20N2O2.C11H16N2O/c1-11(2)14(19)17(15(3,4)5)16-13(18)12-9-7-6-8-10-12;1-11(2,3)13-12-10(14)9-7-5-4-6-8-9/h6-10H,1H2,2-5H3,(H,16,18);4-8,13H,1-3H3,(H,12,14). The van der Waals surface area contributed by atoms with Gasteiger partial charge in [0, 0.05) is 22.2 Å². The van der Waals surface area contributed by atoms with Crippen molar-refractivity contribution in [3.8, 4) is 0 Å². The fourth-order valence-electron chi connectivity index (χ4n) is 2.38. The number of rotatable bonds is 4. The van der Waals surface area contributed by atoms with Gasteiger partial charge in [-0.1, -0.05) is 43.0 Å². The van der Waals surface area contributed by atoms with Crippen LogP contribution in [0.25, 0.3) is 0 Å². The summed E-state index contributed by atoms with van der Waals surface area (Å²) in [6.07, 6.45) is 0. The van der Waals surface area contributed by atoms with Crippen molar-refractivity contribution < 1.29 is 14.4 Å². The van der Waals surface area contributed by atoms with E-state index in [-0.39, 0.29) is 23.3 Å². The second-order valence-electron chi connectivity index (χ2n) is 9.59. The summed E-state index contributed by atoms with van der Waals surface area (Å²) in [6, 6.07) is 17.9. The predicted octanol–water partition coefficient (Wildman–Crippen LogP) is 4.25. The number of nitrogens with one attached hydrogen (secondary N) is 3. The van der Waals surface area contributed by atoms with Crippen molar-refractivity contribution in [2.45, 2.75) is 59.5 Å². The van der Waals surface area contributed by atoms with Crippen LogP contribution >= 0.6 is 0 Å². The average molecular weight is 453 g/mol. The zero-order valence-corrected chi connectivity index (χ0v) is 20.7. The van der Waals surface area contributed by atoms with Crippen LogP contribution in [0.4, 0.5) is 0 Å². The molecule has 2 rings (SSSR count). The molecule has 7 nitrogen and oxygen atoms in total. The SMILES string of the molecule is C=C(C)C(=O)N(NC(=O)c1ccccc1)C(C)(C)C.CC(C)(C)NNC(=O)c1ccccc1. The number of nitrogens with zero attached hydrogens (tertiary/aromatic N) is 1. The Morgan fingerprint density at radius 1 is 0.758 bits per heavy atom. The van der Waals surface area contributed by atoms with Crippen LogP contribution in [0.3, 0.4) is 0 Å². The molecule has 0 bridgehead atoms. The summed E-state index contributed by atoms with van der Waals surface area (Å²) in [4.78, 5) is 35.7. The molecule has 0 saturated heterocycles. The van der Waals surface area contributed by atoms with E-state index in [9.17, 15) is 14.4 Å². The summed E-state index contributed by atoms with van der Waals surface area (Å²) in [6.45, 7) is 16.7. The Balaban J connectivity index is 0.000000346. The highest BCUT2D eigenvalue weighted by atomic mass is 16.2. The monoisotopic (exact) mass is 452 g/mol. The van der Waals surface area contributed by atoms with E-state index in [1.54, 1.807) is 43.3 Å². The zero-order chi connectivity index (χ0) is 25.2. The van der Waals surface area contributed by atoms with Gasteiger partial charge in [-0.25, -0.2) is 10.4 Å². The molecule has 0 aliphatic heterocycles. The molecule has 178 valence electrons. The molecule has 0 aliphatic rings. The minimum Gasteiger partial charge on any atom is -0.287 e. The number of benzene rings is 2. The third-order valence-electron chi connectivity index (χ3n) is 4.08. The maximum absolute atomic E-state index is 12.1. The minimum absolute atomic E-state index is 0.111. The normalized spacial score (nSPS) is 10.9. The lowest BCUT2D eigenvalue weighted by Gasteiger charge is -2.35. The first-order chi connectivity index (χ1) is 15.2. The number of hydrazine groups is 2. The first kappa shape index (κ1) is 27.6. The highest BCUT2D eigenvalue weighted by Crippen LogP contribution is 2.14. The summed E-state index contributed by atoms with van der Waals surface area (Å²) in [5.41, 5.74) is 9.10. The van der Waals surface area contributed by atoms with E-state index >= 15 is 0 Å². The van der Waals surface area contributed by atoms with Crippen LogP contribution in [0, 0.1) is 0 Å². The molecule has 33 heavy (non-hydrogen) atoms. The molecular formula is C26H36N4O3. The van der Waals surface area contributed by atoms with Crippen LogP contribution in [-0.2, 0) is 4.79 Å². The van der Waals surface area contributed by atoms with Crippen molar-refractivity contribution in [2.75, 3.05) is 0 Å². The number of carbonyl (C=O) groups excluding carboxylic acids is 3. The fourth-order valence-corrected chi connectivity index (χ4v) is 2.38. The van der Waals surface area contributed by atoms with Crippen LogP contribution in [0.2, 0.25) is 0 Å². The van der Waals surface area contributed by atoms with Gasteiger partial charge in [0.15, 0.2) is 0 Å². The molecule has 0 aliphatic carbocycles. The third-order valence-corrected chi connectivity index (χ3v) is 4.08. The summed E-state index contributed by atoms with van der Waals surface area (Å²) in [7, 11) is 0. The van der Waals surface area contributed by atoms with Gasteiger partial charge in [0.05, 0.1) is 5.54 Å². The van der Waals surface area contributed by atoms with Crippen molar-refractivity contribution in [1.82, 2.24) is 21.3 Å². The smallest absolute Gasteiger partial charge is 0.269 e. The summed E-state index contributed by atoms with van der Waals surface area (Å²) in [5.74, 6) is -0.720. The average Bonchev–Trinajstić information content (AvgIpc) is 2.75. The molecule has 2 aromatic rings. The molecule has 3 N–H and O–H groups in total. The van der Waals surface area contributed by atoms with Gasteiger partial charge in [-0.2, -0.15) is 0 Å². The number of carbonyl (C=O) groups is 3. The molecule has 0 saturated carbocycles. The van der Waals surface area contributed by atoms with Crippen molar-refractivity contribution in [2.24, 2.45) is 0 Å². The van der Waals surface area contributed by atoms with E-state index in [1.807, 2.05) is 65.8 Å².